The average Bonchev–Trinajstić information content (AvgIpc) is 3.46. The van der Waals surface area contributed by atoms with Crippen molar-refractivity contribution in [2.75, 3.05) is 18.8 Å². The van der Waals surface area contributed by atoms with Crippen molar-refractivity contribution in [1.29, 1.82) is 0 Å². The van der Waals surface area contributed by atoms with E-state index < -0.39 is 27.0 Å². The van der Waals surface area contributed by atoms with E-state index in [1.54, 1.807) is 18.2 Å². The third-order valence-electron chi connectivity index (χ3n) is 5.85. The highest BCUT2D eigenvalue weighted by Crippen LogP contribution is 2.38. The lowest BCUT2D eigenvalue weighted by Gasteiger charge is -2.25. The van der Waals surface area contributed by atoms with Gasteiger partial charge < -0.3 is 16.0 Å². The number of nitrogens with zero attached hydrogens (tertiary/aromatic N) is 1. The number of primary sulfonamides is 1. The fraction of sp³-hybridized carbons (Fsp3) is 0.316. The van der Waals surface area contributed by atoms with E-state index in [4.69, 9.17) is 10.9 Å². The third kappa shape index (κ3) is 4.27. The molecule has 12 nitrogen and oxygen atoms in total. The molecule has 0 bridgehead atoms. The number of piperidine rings is 1. The molecule has 1 unspecified atom stereocenters. The Balaban J connectivity index is 1.73. The zero-order chi connectivity index (χ0) is 23.2. The molecule has 176 valence electrons. The summed E-state index contributed by atoms with van der Waals surface area (Å²) in [5.74, 6) is 0.285. The van der Waals surface area contributed by atoms with Gasteiger partial charge >= 0.3 is 0 Å². The van der Waals surface area contributed by atoms with Crippen molar-refractivity contribution in [3.8, 4) is 11.1 Å². The number of H-pyrrole nitrogens is 1. The third-order valence-corrected chi connectivity index (χ3v) is 8.83. The number of rotatable bonds is 5. The Morgan fingerprint density at radius 2 is 1.79 bits per heavy atom. The van der Waals surface area contributed by atoms with Crippen LogP contribution in [0, 0.1) is 0 Å². The second-order valence-corrected chi connectivity index (χ2v) is 11.2. The van der Waals surface area contributed by atoms with Crippen molar-refractivity contribution in [3.05, 3.63) is 35.9 Å². The summed E-state index contributed by atoms with van der Waals surface area (Å²) in [7, 11) is -5.79. The Morgan fingerprint density at radius 3 is 2.48 bits per heavy atom. The van der Waals surface area contributed by atoms with Gasteiger partial charge in [-0.15, -0.1) is 0 Å². The number of fused-ring (bicyclic) bond motifs is 1. The maximum Gasteiger partial charge on any atom is 0.239 e. The van der Waals surface area contributed by atoms with Gasteiger partial charge in [0, 0.05) is 10.8 Å². The first-order chi connectivity index (χ1) is 15.8. The first kappa shape index (κ1) is 22.4. The van der Waals surface area contributed by atoms with Crippen molar-refractivity contribution in [2.24, 2.45) is 5.14 Å². The number of aromatic amines is 1. The molecule has 1 atom stereocenters. The predicted octanol–water partition coefficient (Wildman–Crippen LogP) is -0.565. The van der Waals surface area contributed by atoms with Gasteiger partial charge in [0.05, 0.1) is 26.7 Å². The molecule has 3 heterocycles. The minimum absolute atomic E-state index is 0.142. The van der Waals surface area contributed by atoms with Gasteiger partial charge in [-0.3, -0.25) is 4.21 Å². The number of hydrazine groups is 3. The molecule has 2 saturated heterocycles. The minimum atomic E-state index is -4.24. The first-order valence-corrected chi connectivity index (χ1v) is 13.2. The highest BCUT2D eigenvalue weighted by molar-refractivity contribution is 7.91. The molecule has 3 aromatic rings. The molecule has 0 spiro atoms. The van der Waals surface area contributed by atoms with Crippen LogP contribution in [0.4, 0.5) is 5.95 Å². The summed E-state index contributed by atoms with van der Waals surface area (Å²) in [6.07, 6.45) is 0.712. The van der Waals surface area contributed by atoms with Crippen LogP contribution in [0.3, 0.4) is 0 Å². The number of imidazole rings is 1. The van der Waals surface area contributed by atoms with Crippen LogP contribution in [-0.4, -0.2) is 40.9 Å². The first-order valence-electron chi connectivity index (χ1n) is 10.4. The monoisotopic (exact) mass is 491 g/mol. The molecule has 14 heteroatoms. The fourth-order valence-corrected chi connectivity index (χ4v) is 7.35. The molecule has 1 aromatic heterocycles. The van der Waals surface area contributed by atoms with Crippen LogP contribution in [0.15, 0.2) is 40.1 Å². The smallest absolute Gasteiger partial charge is 0.239 e. The van der Waals surface area contributed by atoms with Crippen LogP contribution in [0.5, 0.6) is 0 Å². The topological polar surface area (TPSA) is 192 Å². The molecule has 0 aliphatic carbocycles. The van der Waals surface area contributed by atoms with Crippen LogP contribution in [-0.2, 0) is 20.8 Å². The van der Waals surface area contributed by atoms with E-state index in [1.807, 2.05) is 12.1 Å². The van der Waals surface area contributed by atoms with Gasteiger partial charge in [-0.25, -0.2) is 29.4 Å². The molecule has 2 aliphatic rings. The number of nitrogen functional groups attached to an aromatic ring is 1. The van der Waals surface area contributed by atoms with Gasteiger partial charge in [-0.05, 0) is 55.3 Å². The van der Waals surface area contributed by atoms with Crippen molar-refractivity contribution in [2.45, 2.75) is 34.0 Å². The lowest BCUT2D eigenvalue weighted by molar-refractivity contribution is 0.517. The molecule has 0 radical (unpaired) electrons. The van der Waals surface area contributed by atoms with Gasteiger partial charge in [0.15, 0.2) is 5.95 Å². The van der Waals surface area contributed by atoms with Gasteiger partial charge in [-0.2, -0.15) is 11.1 Å². The summed E-state index contributed by atoms with van der Waals surface area (Å²) in [6, 6.07) is 8.85. The van der Waals surface area contributed by atoms with Crippen LogP contribution >= 0.6 is 0 Å². The van der Waals surface area contributed by atoms with E-state index in [0.29, 0.717) is 35.0 Å². The zero-order valence-electron chi connectivity index (χ0n) is 17.5. The van der Waals surface area contributed by atoms with Gasteiger partial charge in [0.25, 0.3) is 0 Å². The lowest BCUT2D eigenvalue weighted by atomic mass is 9.97. The van der Waals surface area contributed by atoms with Crippen molar-refractivity contribution >= 4 is 37.8 Å². The van der Waals surface area contributed by atoms with E-state index in [1.165, 1.54) is 0 Å². The molecule has 5 rings (SSSR count). The van der Waals surface area contributed by atoms with E-state index in [2.05, 4.69) is 37.2 Å². The number of nitrogens with two attached hydrogens (primary N) is 2. The Kier molecular flexibility index (Phi) is 5.92. The van der Waals surface area contributed by atoms with Crippen molar-refractivity contribution in [3.63, 3.8) is 0 Å². The van der Waals surface area contributed by atoms with E-state index in [-0.39, 0.29) is 21.0 Å². The molecule has 10 N–H and O–H groups in total. The summed E-state index contributed by atoms with van der Waals surface area (Å²) in [5.41, 5.74) is 20.2. The molecule has 2 fully saturated rings. The second kappa shape index (κ2) is 8.73. The molecular weight excluding hydrogens is 466 g/mol. The Hall–Kier alpha value is -2.43. The van der Waals surface area contributed by atoms with Crippen LogP contribution in [0.25, 0.3) is 22.2 Å². The summed E-state index contributed by atoms with van der Waals surface area (Å²) < 4.78 is 39.4. The summed E-state index contributed by atoms with van der Waals surface area (Å²) in [5, 5.41) is 8.81. The Morgan fingerprint density at radius 1 is 1.06 bits per heavy atom. The van der Waals surface area contributed by atoms with Crippen molar-refractivity contribution < 1.29 is 12.6 Å². The number of anilines is 1. The van der Waals surface area contributed by atoms with Gasteiger partial charge in [0.2, 0.25) is 10.0 Å². The normalized spacial score (nSPS) is 19.3. The highest BCUT2D eigenvalue weighted by Gasteiger charge is 2.33. The molecule has 0 saturated carbocycles. The number of sulfonamides is 1. The van der Waals surface area contributed by atoms with Crippen LogP contribution in [0.2, 0.25) is 0 Å². The second-order valence-electron chi connectivity index (χ2n) is 7.97. The van der Waals surface area contributed by atoms with E-state index in [0.717, 1.165) is 18.7 Å². The maximum absolute atomic E-state index is 13.5. The quantitative estimate of drug-likeness (QED) is 0.229. The Bertz CT molecular complexity index is 1330. The molecule has 33 heavy (non-hydrogen) atoms. The highest BCUT2D eigenvalue weighted by atomic mass is 32.2. The van der Waals surface area contributed by atoms with Crippen LogP contribution < -0.4 is 38.1 Å². The maximum atomic E-state index is 13.5. The SMILES string of the molecule is Nc1nc2ccc(-c3ccc(S(=O)C4CCNCC4)c(S(N)(=O)=O)c3C3NNNN3)cc2[nH]1. The average molecular weight is 492 g/mol. The largest absolute Gasteiger partial charge is 0.369 e. The number of hydrogen-bond acceptors (Lipinski definition) is 10. The Labute approximate surface area is 192 Å². The minimum Gasteiger partial charge on any atom is -0.369 e. The standard InChI is InChI=1S/C19H25N9O3S2/c20-19-23-13-3-1-10(9-14(13)24-19)12-2-4-15(32(29)11-5-7-22-8-6-11)17(33(21,30)31)16(12)18-25-27-28-26-18/h1-4,9,11,18,22,25-28H,5-8H2,(H3,20,23,24)(H2,21,30,31). The number of hydrogen-bond donors (Lipinski definition) is 8. The lowest BCUT2D eigenvalue weighted by Crippen LogP contribution is -2.34. The summed E-state index contributed by atoms with van der Waals surface area (Å²) in [6.45, 7) is 1.47. The van der Waals surface area contributed by atoms with Crippen molar-refractivity contribution in [1.82, 2.24) is 37.2 Å². The number of nitrogens with one attached hydrogen (secondary N) is 6. The molecule has 2 aliphatic heterocycles. The number of benzene rings is 2. The van der Waals surface area contributed by atoms with Gasteiger partial charge in [0.1, 0.15) is 11.1 Å². The number of aromatic nitrogens is 2. The summed E-state index contributed by atoms with van der Waals surface area (Å²) >= 11 is 0. The fourth-order valence-electron chi connectivity index (χ4n) is 4.35. The molecule has 2 aromatic carbocycles. The predicted molar refractivity (Wildman–Crippen MR) is 125 cm³/mol. The van der Waals surface area contributed by atoms with Gasteiger partial charge in [-0.1, -0.05) is 12.1 Å². The zero-order valence-corrected chi connectivity index (χ0v) is 19.1. The van der Waals surface area contributed by atoms with E-state index in [9.17, 15) is 12.6 Å². The van der Waals surface area contributed by atoms with Crippen LogP contribution in [0.1, 0.15) is 24.6 Å². The summed E-state index contributed by atoms with van der Waals surface area (Å²) in [4.78, 5) is 7.27. The molecule has 0 amide bonds. The molecular formula is C19H25N9O3S2. The van der Waals surface area contributed by atoms with E-state index >= 15 is 0 Å².